The number of hydrogen-bond donors (Lipinski definition) is 2. The molecule has 5 nitrogen and oxygen atoms in total. The van der Waals surface area contributed by atoms with Gasteiger partial charge in [-0.1, -0.05) is 24.6 Å². The molecular weight excluding hydrogens is 256 g/mol. The van der Waals surface area contributed by atoms with E-state index in [4.69, 9.17) is 22.4 Å². The first-order chi connectivity index (χ1) is 8.45. The molecule has 0 aliphatic heterocycles. The molecule has 0 aliphatic rings. The zero-order valence-electron chi connectivity index (χ0n) is 9.97. The number of anilines is 1. The van der Waals surface area contributed by atoms with E-state index in [9.17, 15) is 9.59 Å². The van der Waals surface area contributed by atoms with E-state index in [1.807, 2.05) is 0 Å². The Hall–Kier alpha value is -1.75. The lowest BCUT2D eigenvalue weighted by molar-refractivity contribution is -0.135. The summed E-state index contributed by atoms with van der Waals surface area (Å²) in [6.45, 7) is 1.47. The highest BCUT2D eigenvalue weighted by Crippen LogP contribution is 2.22. The molecule has 0 radical (unpaired) electrons. The lowest BCUT2D eigenvalue weighted by atomic mass is 10.1. The summed E-state index contributed by atoms with van der Waals surface area (Å²) in [4.78, 5) is 23.7. The van der Waals surface area contributed by atoms with E-state index in [1.165, 1.54) is 4.90 Å². The number of carboxylic acid groups (broad SMARTS) is 1. The fraction of sp³-hybridized carbons (Fsp3) is 0.333. The SMILES string of the molecule is CCC(C(N)=O)N(CC(=O)O)c1cccc(Cl)c1. The molecule has 1 unspecified atom stereocenters. The van der Waals surface area contributed by atoms with Gasteiger partial charge in [-0.05, 0) is 24.6 Å². The maximum Gasteiger partial charge on any atom is 0.323 e. The van der Waals surface area contributed by atoms with Crippen LogP contribution in [0, 0.1) is 0 Å². The number of aliphatic carboxylic acids is 1. The molecule has 0 spiro atoms. The number of primary amides is 1. The van der Waals surface area contributed by atoms with E-state index in [2.05, 4.69) is 0 Å². The molecule has 6 heteroatoms. The summed E-state index contributed by atoms with van der Waals surface area (Å²) in [6.07, 6.45) is 0.426. The number of benzene rings is 1. The average molecular weight is 271 g/mol. The van der Waals surface area contributed by atoms with Crippen LogP contribution in [0.2, 0.25) is 5.02 Å². The molecule has 98 valence electrons. The zero-order valence-corrected chi connectivity index (χ0v) is 10.7. The molecule has 1 rings (SSSR count). The first kappa shape index (κ1) is 14.3. The first-order valence-electron chi connectivity index (χ1n) is 5.49. The Bertz CT molecular complexity index is 451. The van der Waals surface area contributed by atoms with Gasteiger partial charge in [0, 0.05) is 10.7 Å². The van der Waals surface area contributed by atoms with Crippen LogP contribution in [0.1, 0.15) is 13.3 Å². The van der Waals surface area contributed by atoms with E-state index >= 15 is 0 Å². The van der Waals surface area contributed by atoms with Crippen molar-refractivity contribution in [3.05, 3.63) is 29.3 Å². The number of nitrogens with zero attached hydrogens (tertiary/aromatic N) is 1. The molecule has 3 N–H and O–H groups in total. The second-order valence-corrected chi connectivity index (χ2v) is 4.26. The van der Waals surface area contributed by atoms with E-state index < -0.39 is 17.9 Å². The molecule has 0 aliphatic carbocycles. The number of amides is 1. The smallest absolute Gasteiger partial charge is 0.323 e. The van der Waals surface area contributed by atoms with Gasteiger partial charge in [0.25, 0.3) is 0 Å². The predicted octanol–water partition coefficient (Wildman–Crippen LogP) is 1.49. The molecule has 0 fully saturated rings. The summed E-state index contributed by atoms with van der Waals surface area (Å²) in [6, 6.07) is 6.01. The Morgan fingerprint density at radius 3 is 2.61 bits per heavy atom. The molecule has 0 aromatic heterocycles. The second kappa shape index (κ2) is 6.26. The lowest BCUT2D eigenvalue weighted by Crippen LogP contribution is -2.46. The number of carbonyl (C=O) groups is 2. The third-order valence-corrected chi connectivity index (χ3v) is 2.77. The largest absolute Gasteiger partial charge is 0.480 e. The van der Waals surface area contributed by atoms with Crippen molar-refractivity contribution in [2.45, 2.75) is 19.4 Å². The van der Waals surface area contributed by atoms with Gasteiger partial charge in [0.1, 0.15) is 12.6 Å². The Morgan fingerprint density at radius 2 is 2.17 bits per heavy atom. The topological polar surface area (TPSA) is 83.6 Å². The van der Waals surface area contributed by atoms with Gasteiger partial charge in [-0.3, -0.25) is 9.59 Å². The number of carbonyl (C=O) groups excluding carboxylic acids is 1. The molecule has 0 heterocycles. The quantitative estimate of drug-likeness (QED) is 0.820. The molecule has 18 heavy (non-hydrogen) atoms. The van der Waals surface area contributed by atoms with Crippen LogP contribution in [0.15, 0.2) is 24.3 Å². The molecule has 1 aromatic carbocycles. The fourth-order valence-corrected chi connectivity index (χ4v) is 1.94. The molecule has 0 saturated heterocycles. The zero-order chi connectivity index (χ0) is 13.7. The maximum absolute atomic E-state index is 11.4. The summed E-state index contributed by atoms with van der Waals surface area (Å²) in [5.41, 5.74) is 5.86. The Morgan fingerprint density at radius 1 is 1.50 bits per heavy atom. The van der Waals surface area contributed by atoms with E-state index in [-0.39, 0.29) is 6.54 Å². The summed E-state index contributed by atoms with van der Waals surface area (Å²) in [5.74, 6) is -1.59. The third kappa shape index (κ3) is 3.63. The van der Waals surface area contributed by atoms with Gasteiger partial charge in [-0.15, -0.1) is 0 Å². The monoisotopic (exact) mass is 270 g/mol. The number of rotatable bonds is 6. The van der Waals surface area contributed by atoms with Crippen molar-refractivity contribution in [3.8, 4) is 0 Å². The van der Waals surface area contributed by atoms with Crippen molar-refractivity contribution in [1.29, 1.82) is 0 Å². The average Bonchev–Trinajstić information content (AvgIpc) is 2.27. The van der Waals surface area contributed by atoms with Crippen molar-refractivity contribution in [2.75, 3.05) is 11.4 Å². The lowest BCUT2D eigenvalue weighted by Gasteiger charge is -2.29. The third-order valence-electron chi connectivity index (χ3n) is 2.54. The van der Waals surface area contributed by atoms with Crippen LogP contribution in [-0.4, -0.2) is 29.6 Å². The van der Waals surface area contributed by atoms with Gasteiger partial charge >= 0.3 is 5.97 Å². The number of carboxylic acids is 1. The minimum atomic E-state index is -1.03. The van der Waals surface area contributed by atoms with Crippen molar-refractivity contribution in [3.63, 3.8) is 0 Å². The summed E-state index contributed by atoms with van der Waals surface area (Å²) >= 11 is 5.86. The van der Waals surface area contributed by atoms with Crippen LogP contribution < -0.4 is 10.6 Å². The molecule has 0 saturated carbocycles. The summed E-state index contributed by atoms with van der Waals surface area (Å²) in [5, 5.41) is 9.39. The van der Waals surface area contributed by atoms with Crippen LogP contribution in [0.3, 0.4) is 0 Å². The number of hydrogen-bond acceptors (Lipinski definition) is 3. The summed E-state index contributed by atoms with van der Waals surface area (Å²) < 4.78 is 0. The minimum Gasteiger partial charge on any atom is -0.480 e. The minimum absolute atomic E-state index is 0.304. The maximum atomic E-state index is 11.4. The molecule has 1 atom stereocenters. The number of nitrogens with two attached hydrogens (primary N) is 1. The number of halogens is 1. The first-order valence-corrected chi connectivity index (χ1v) is 5.86. The highest BCUT2D eigenvalue weighted by Gasteiger charge is 2.24. The standard InChI is InChI=1S/C12H15ClN2O3/c1-2-10(12(14)18)15(7-11(16)17)9-5-3-4-8(13)6-9/h3-6,10H,2,7H2,1H3,(H2,14,18)(H,16,17). The molecule has 1 aromatic rings. The van der Waals surface area contributed by atoms with E-state index in [0.29, 0.717) is 17.1 Å². The van der Waals surface area contributed by atoms with Gasteiger partial charge in [0.05, 0.1) is 0 Å². The normalized spacial score (nSPS) is 11.9. The Balaban J connectivity index is 3.11. The van der Waals surface area contributed by atoms with Gasteiger partial charge in [-0.2, -0.15) is 0 Å². The van der Waals surface area contributed by atoms with Crippen LogP contribution in [-0.2, 0) is 9.59 Å². The Kier molecular flexibility index (Phi) is 4.97. The van der Waals surface area contributed by atoms with E-state index in [1.54, 1.807) is 31.2 Å². The molecular formula is C12H15ClN2O3. The highest BCUT2D eigenvalue weighted by molar-refractivity contribution is 6.30. The van der Waals surface area contributed by atoms with E-state index in [0.717, 1.165) is 0 Å². The van der Waals surface area contributed by atoms with Gasteiger partial charge < -0.3 is 15.7 Å². The van der Waals surface area contributed by atoms with Gasteiger partial charge in [-0.25, -0.2) is 0 Å². The predicted molar refractivity (Wildman–Crippen MR) is 69.7 cm³/mol. The fourth-order valence-electron chi connectivity index (χ4n) is 1.76. The highest BCUT2D eigenvalue weighted by atomic mass is 35.5. The van der Waals surface area contributed by atoms with Gasteiger partial charge in [0.2, 0.25) is 5.91 Å². The van der Waals surface area contributed by atoms with Crippen LogP contribution in [0.5, 0.6) is 0 Å². The van der Waals surface area contributed by atoms with Crippen molar-refractivity contribution >= 4 is 29.2 Å². The molecule has 0 bridgehead atoms. The van der Waals surface area contributed by atoms with Gasteiger partial charge in [0.15, 0.2) is 0 Å². The van der Waals surface area contributed by atoms with Crippen molar-refractivity contribution < 1.29 is 14.7 Å². The van der Waals surface area contributed by atoms with Crippen LogP contribution in [0.4, 0.5) is 5.69 Å². The second-order valence-electron chi connectivity index (χ2n) is 3.83. The van der Waals surface area contributed by atoms with Crippen LogP contribution in [0.25, 0.3) is 0 Å². The van der Waals surface area contributed by atoms with Crippen molar-refractivity contribution in [2.24, 2.45) is 5.73 Å². The molecule has 1 amide bonds. The Labute approximate surface area is 110 Å². The van der Waals surface area contributed by atoms with Crippen molar-refractivity contribution in [1.82, 2.24) is 0 Å². The van der Waals surface area contributed by atoms with Crippen LogP contribution >= 0.6 is 11.6 Å². The summed E-state index contributed by atoms with van der Waals surface area (Å²) in [7, 11) is 0.